The Morgan fingerprint density at radius 1 is 1.26 bits per heavy atom. The molecule has 0 aromatic heterocycles. The van der Waals surface area contributed by atoms with E-state index in [2.05, 4.69) is 12.2 Å². The lowest BCUT2D eigenvalue weighted by molar-refractivity contribution is 0.299. The summed E-state index contributed by atoms with van der Waals surface area (Å²) in [4.78, 5) is 0. The van der Waals surface area contributed by atoms with Gasteiger partial charge in [-0.3, -0.25) is 0 Å². The number of aryl methyl sites for hydroxylation is 1. The molecule has 0 spiro atoms. The molecule has 0 bridgehead atoms. The van der Waals surface area contributed by atoms with Gasteiger partial charge in [0, 0.05) is 11.6 Å². The summed E-state index contributed by atoms with van der Waals surface area (Å²) in [6.45, 7) is 6.67. The lowest BCUT2D eigenvalue weighted by atomic mass is 10.0. The van der Waals surface area contributed by atoms with Gasteiger partial charge in [0.15, 0.2) is 0 Å². The van der Waals surface area contributed by atoms with Crippen molar-refractivity contribution in [2.75, 3.05) is 13.7 Å². The van der Waals surface area contributed by atoms with E-state index >= 15 is 0 Å². The fourth-order valence-electron chi connectivity index (χ4n) is 2.00. The van der Waals surface area contributed by atoms with Crippen molar-refractivity contribution in [3.63, 3.8) is 0 Å². The number of halogens is 1. The summed E-state index contributed by atoms with van der Waals surface area (Å²) in [6, 6.07) is 3.47. The van der Waals surface area contributed by atoms with Crippen LogP contribution in [0.3, 0.4) is 0 Å². The van der Waals surface area contributed by atoms with Crippen molar-refractivity contribution >= 4 is 0 Å². The zero-order valence-corrected chi connectivity index (χ0v) is 12.6. The van der Waals surface area contributed by atoms with Crippen LogP contribution in [0.5, 0.6) is 5.75 Å². The second kappa shape index (κ2) is 8.16. The van der Waals surface area contributed by atoms with E-state index in [4.69, 9.17) is 4.74 Å². The standard InChI is InChI=1S/C16H26FNO/c1-5-6-7-8-9-19-16-10-12(2)15(17)11-14(16)13(3)18-4/h10-11,13,18H,5-9H2,1-4H3. The largest absolute Gasteiger partial charge is 0.493 e. The Bertz CT molecular complexity index is 393. The molecule has 0 aliphatic heterocycles. The van der Waals surface area contributed by atoms with Gasteiger partial charge in [-0.15, -0.1) is 0 Å². The molecule has 1 unspecified atom stereocenters. The van der Waals surface area contributed by atoms with Crippen LogP contribution in [0.2, 0.25) is 0 Å². The van der Waals surface area contributed by atoms with Crippen LogP contribution in [0.4, 0.5) is 4.39 Å². The van der Waals surface area contributed by atoms with E-state index in [9.17, 15) is 4.39 Å². The van der Waals surface area contributed by atoms with Crippen LogP contribution in [0.15, 0.2) is 12.1 Å². The predicted octanol–water partition coefficient (Wildman–Crippen LogP) is 4.37. The molecule has 0 saturated heterocycles. The van der Waals surface area contributed by atoms with Crippen molar-refractivity contribution in [3.05, 3.63) is 29.1 Å². The van der Waals surface area contributed by atoms with Crippen LogP contribution in [0.1, 0.15) is 56.7 Å². The van der Waals surface area contributed by atoms with Crippen molar-refractivity contribution in [2.45, 2.75) is 52.5 Å². The van der Waals surface area contributed by atoms with Crippen molar-refractivity contribution in [1.82, 2.24) is 5.32 Å². The van der Waals surface area contributed by atoms with Gasteiger partial charge in [-0.05, 0) is 45.0 Å². The highest BCUT2D eigenvalue weighted by Gasteiger charge is 2.13. The maximum atomic E-state index is 13.7. The van der Waals surface area contributed by atoms with E-state index in [1.165, 1.54) is 19.3 Å². The third-order valence-corrected chi connectivity index (χ3v) is 3.45. The van der Waals surface area contributed by atoms with E-state index < -0.39 is 0 Å². The third-order valence-electron chi connectivity index (χ3n) is 3.45. The van der Waals surface area contributed by atoms with Gasteiger partial charge in [0.25, 0.3) is 0 Å². The Kier molecular flexibility index (Phi) is 6.85. The van der Waals surface area contributed by atoms with Crippen LogP contribution < -0.4 is 10.1 Å². The van der Waals surface area contributed by atoms with Crippen molar-refractivity contribution in [2.24, 2.45) is 0 Å². The van der Waals surface area contributed by atoms with E-state index in [1.54, 1.807) is 19.1 Å². The Labute approximate surface area is 116 Å². The normalized spacial score (nSPS) is 12.5. The molecular formula is C16H26FNO. The second-order valence-electron chi connectivity index (χ2n) is 5.06. The zero-order chi connectivity index (χ0) is 14.3. The number of nitrogens with one attached hydrogen (secondary N) is 1. The maximum absolute atomic E-state index is 13.7. The average Bonchev–Trinajstić information content (AvgIpc) is 2.41. The lowest BCUT2D eigenvalue weighted by Crippen LogP contribution is -2.14. The summed E-state index contributed by atoms with van der Waals surface area (Å²) < 4.78 is 19.5. The quantitative estimate of drug-likeness (QED) is 0.706. The van der Waals surface area contributed by atoms with Gasteiger partial charge in [-0.2, -0.15) is 0 Å². The first-order valence-corrected chi connectivity index (χ1v) is 7.20. The molecule has 1 rings (SSSR count). The highest BCUT2D eigenvalue weighted by molar-refractivity contribution is 5.40. The highest BCUT2D eigenvalue weighted by Crippen LogP contribution is 2.28. The molecule has 1 aromatic carbocycles. The van der Waals surface area contributed by atoms with Gasteiger partial charge >= 0.3 is 0 Å². The topological polar surface area (TPSA) is 21.3 Å². The first-order valence-electron chi connectivity index (χ1n) is 7.20. The number of hydrogen-bond acceptors (Lipinski definition) is 2. The molecule has 0 heterocycles. The van der Waals surface area contributed by atoms with Crippen LogP contribution in [-0.2, 0) is 0 Å². The lowest BCUT2D eigenvalue weighted by Gasteiger charge is -2.17. The summed E-state index contributed by atoms with van der Waals surface area (Å²) in [7, 11) is 1.87. The molecule has 0 saturated carbocycles. The molecular weight excluding hydrogens is 241 g/mol. The summed E-state index contributed by atoms with van der Waals surface area (Å²) in [6.07, 6.45) is 4.70. The smallest absolute Gasteiger partial charge is 0.126 e. The summed E-state index contributed by atoms with van der Waals surface area (Å²) in [5, 5.41) is 3.13. The van der Waals surface area contributed by atoms with E-state index in [-0.39, 0.29) is 11.9 Å². The molecule has 1 aromatic rings. The Morgan fingerprint density at radius 3 is 2.63 bits per heavy atom. The minimum absolute atomic E-state index is 0.0840. The number of benzene rings is 1. The highest BCUT2D eigenvalue weighted by atomic mass is 19.1. The average molecular weight is 267 g/mol. The Hall–Kier alpha value is -1.09. The van der Waals surface area contributed by atoms with Gasteiger partial charge in [0.1, 0.15) is 11.6 Å². The van der Waals surface area contributed by atoms with Gasteiger partial charge in [0.2, 0.25) is 0 Å². The summed E-state index contributed by atoms with van der Waals surface area (Å²) in [5.41, 5.74) is 1.52. The van der Waals surface area contributed by atoms with Gasteiger partial charge in [-0.25, -0.2) is 4.39 Å². The van der Waals surface area contributed by atoms with Gasteiger partial charge < -0.3 is 10.1 Å². The van der Waals surface area contributed by atoms with Gasteiger partial charge in [-0.1, -0.05) is 26.2 Å². The Morgan fingerprint density at radius 2 is 2.00 bits per heavy atom. The second-order valence-corrected chi connectivity index (χ2v) is 5.06. The number of hydrogen-bond donors (Lipinski definition) is 1. The fourth-order valence-corrected chi connectivity index (χ4v) is 2.00. The van der Waals surface area contributed by atoms with Crippen LogP contribution in [0.25, 0.3) is 0 Å². The molecule has 0 amide bonds. The van der Waals surface area contributed by atoms with E-state index in [0.29, 0.717) is 12.2 Å². The molecule has 0 radical (unpaired) electrons. The Balaban J connectivity index is 2.71. The first-order chi connectivity index (χ1) is 9.10. The number of ether oxygens (including phenoxy) is 1. The third kappa shape index (κ3) is 4.83. The first kappa shape index (κ1) is 16.0. The van der Waals surface area contributed by atoms with Gasteiger partial charge in [0.05, 0.1) is 6.61 Å². The molecule has 108 valence electrons. The summed E-state index contributed by atoms with van der Waals surface area (Å²) in [5.74, 6) is 0.632. The predicted molar refractivity (Wildman–Crippen MR) is 78.2 cm³/mol. The maximum Gasteiger partial charge on any atom is 0.126 e. The van der Waals surface area contributed by atoms with E-state index in [1.807, 2.05) is 14.0 Å². The molecule has 3 heteroatoms. The summed E-state index contributed by atoms with van der Waals surface area (Å²) >= 11 is 0. The molecule has 1 N–H and O–H groups in total. The molecule has 19 heavy (non-hydrogen) atoms. The minimum Gasteiger partial charge on any atom is -0.493 e. The minimum atomic E-state index is -0.171. The molecule has 0 fully saturated rings. The van der Waals surface area contributed by atoms with Crippen LogP contribution in [-0.4, -0.2) is 13.7 Å². The van der Waals surface area contributed by atoms with Crippen LogP contribution >= 0.6 is 0 Å². The van der Waals surface area contributed by atoms with E-state index in [0.717, 1.165) is 17.7 Å². The number of unbranched alkanes of at least 4 members (excludes halogenated alkanes) is 3. The molecule has 0 aliphatic carbocycles. The molecule has 2 nitrogen and oxygen atoms in total. The fraction of sp³-hybridized carbons (Fsp3) is 0.625. The zero-order valence-electron chi connectivity index (χ0n) is 12.6. The monoisotopic (exact) mass is 267 g/mol. The SMILES string of the molecule is CCCCCCOc1cc(C)c(F)cc1C(C)NC. The molecule has 0 aliphatic rings. The van der Waals surface area contributed by atoms with Crippen LogP contribution in [0, 0.1) is 12.7 Å². The van der Waals surface area contributed by atoms with Crippen molar-refractivity contribution in [3.8, 4) is 5.75 Å². The van der Waals surface area contributed by atoms with Crippen molar-refractivity contribution in [1.29, 1.82) is 0 Å². The van der Waals surface area contributed by atoms with Crippen molar-refractivity contribution < 1.29 is 9.13 Å². The number of rotatable bonds is 8. The molecule has 1 atom stereocenters.